The van der Waals surface area contributed by atoms with Crippen LogP contribution >= 0.6 is 0 Å². The molecule has 1 rings (SSSR count). The van der Waals surface area contributed by atoms with Crippen molar-refractivity contribution in [2.75, 3.05) is 13.2 Å². The van der Waals surface area contributed by atoms with Crippen molar-refractivity contribution >= 4 is 5.90 Å². The van der Waals surface area contributed by atoms with Crippen molar-refractivity contribution in [3.63, 3.8) is 0 Å². The summed E-state index contributed by atoms with van der Waals surface area (Å²) in [5, 5.41) is 0. The van der Waals surface area contributed by atoms with Crippen LogP contribution in [0, 0.1) is 12.3 Å². The Kier molecular flexibility index (Phi) is 2.14. The molecule has 0 saturated heterocycles. The number of terminal acetylenes is 1. The first-order chi connectivity index (χ1) is 4.43. The van der Waals surface area contributed by atoms with E-state index in [9.17, 15) is 0 Å². The van der Waals surface area contributed by atoms with E-state index in [2.05, 4.69) is 10.9 Å². The molecule has 2 heteroatoms. The van der Waals surface area contributed by atoms with E-state index in [0.717, 1.165) is 31.9 Å². The minimum Gasteiger partial charge on any atom is -0.479 e. The van der Waals surface area contributed by atoms with Gasteiger partial charge in [0.1, 0.15) is 6.61 Å². The quantitative estimate of drug-likeness (QED) is 0.498. The Morgan fingerprint density at radius 2 is 2.67 bits per heavy atom. The van der Waals surface area contributed by atoms with Gasteiger partial charge in [0.2, 0.25) is 0 Å². The van der Waals surface area contributed by atoms with Crippen LogP contribution in [-0.4, -0.2) is 19.0 Å². The van der Waals surface area contributed by atoms with Gasteiger partial charge in [-0.2, -0.15) is 0 Å². The predicted molar refractivity (Wildman–Crippen MR) is 36.3 cm³/mol. The van der Waals surface area contributed by atoms with Gasteiger partial charge in [0, 0.05) is 12.8 Å². The highest BCUT2D eigenvalue weighted by Gasteiger charge is 2.04. The van der Waals surface area contributed by atoms with Crippen LogP contribution in [0.5, 0.6) is 0 Å². The van der Waals surface area contributed by atoms with Gasteiger partial charge in [-0.05, 0) is 0 Å². The van der Waals surface area contributed by atoms with Gasteiger partial charge in [-0.3, -0.25) is 4.99 Å². The van der Waals surface area contributed by atoms with Gasteiger partial charge in [0.05, 0.1) is 6.54 Å². The Morgan fingerprint density at radius 1 is 1.78 bits per heavy atom. The molecule has 0 amide bonds. The van der Waals surface area contributed by atoms with Gasteiger partial charge in [0.25, 0.3) is 0 Å². The van der Waals surface area contributed by atoms with E-state index in [1.807, 2.05) is 0 Å². The summed E-state index contributed by atoms with van der Waals surface area (Å²) in [5.41, 5.74) is 0. The summed E-state index contributed by atoms with van der Waals surface area (Å²) in [4.78, 5) is 4.07. The van der Waals surface area contributed by atoms with Crippen LogP contribution in [0.25, 0.3) is 0 Å². The van der Waals surface area contributed by atoms with Crippen molar-refractivity contribution in [3.05, 3.63) is 0 Å². The fourth-order valence-electron chi connectivity index (χ4n) is 0.710. The third-order valence-corrected chi connectivity index (χ3v) is 1.13. The molecule has 2 nitrogen and oxygen atoms in total. The van der Waals surface area contributed by atoms with Gasteiger partial charge < -0.3 is 4.74 Å². The second-order valence-electron chi connectivity index (χ2n) is 1.83. The molecule has 0 fully saturated rings. The monoisotopic (exact) mass is 123 g/mol. The molecule has 0 aromatic carbocycles. The second kappa shape index (κ2) is 3.13. The van der Waals surface area contributed by atoms with Gasteiger partial charge in [0.15, 0.2) is 5.90 Å². The number of hydrogen-bond donors (Lipinski definition) is 0. The zero-order valence-electron chi connectivity index (χ0n) is 5.26. The van der Waals surface area contributed by atoms with Crippen molar-refractivity contribution in [2.24, 2.45) is 4.99 Å². The normalized spacial score (nSPS) is 16.1. The molecule has 0 saturated carbocycles. The first-order valence-corrected chi connectivity index (χ1v) is 3.03. The van der Waals surface area contributed by atoms with Crippen LogP contribution in [-0.2, 0) is 4.74 Å². The van der Waals surface area contributed by atoms with E-state index >= 15 is 0 Å². The second-order valence-corrected chi connectivity index (χ2v) is 1.83. The Morgan fingerprint density at radius 3 is 3.22 bits per heavy atom. The van der Waals surface area contributed by atoms with Crippen molar-refractivity contribution in [1.82, 2.24) is 0 Å². The first kappa shape index (κ1) is 6.15. The minimum absolute atomic E-state index is 0.735. The lowest BCUT2D eigenvalue weighted by Gasteiger charge is -1.94. The molecule has 1 heterocycles. The van der Waals surface area contributed by atoms with E-state index in [1.165, 1.54) is 0 Å². The smallest absolute Gasteiger partial charge is 0.184 e. The zero-order chi connectivity index (χ0) is 6.53. The number of ether oxygens (including phenoxy) is 1. The lowest BCUT2D eigenvalue weighted by Crippen LogP contribution is -1.96. The molecule has 0 radical (unpaired) electrons. The fraction of sp³-hybridized carbons (Fsp3) is 0.571. The molecule has 0 aromatic rings. The number of aliphatic imine (C=N–C) groups is 1. The lowest BCUT2D eigenvalue weighted by molar-refractivity contribution is 0.338. The molecule has 1 aliphatic heterocycles. The maximum Gasteiger partial charge on any atom is 0.184 e. The van der Waals surface area contributed by atoms with Crippen LogP contribution in [0.15, 0.2) is 4.99 Å². The summed E-state index contributed by atoms with van der Waals surface area (Å²) >= 11 is 0. The van der Waals surface area contributed by atoms with Gasteiger partial charge in [-0.25, -0.2) is 0 Å². The fourth-order valence-corrected chi connectivity index (χ4v) is 0.710. The van der Waals surface area contributed by atoms with E-state index in [0.29, 0.717) is 0 Å². The molecule has 0 aliphatic carbocycles. The standard InChI is InChI=1S/C7H9NO/c1-2-3-4-7-8-5-6-9-7/h1H,3-6H2. The van der Waals surface area contributed by atoms with E-state index < -0.39 is 0 Å². The average Bonchev–Trinajstić information content (AvgIpc) is 2.34. The minimum atomic E-state index is 0.735. The number of hydrogen-bond acceptors (Lipinski definition) is 2. The topological polar surface area (TPSA) is 21.6 Å². The zero-order valence-corrected chi connectivity index (χ0v) is 5.26. The molecule has 0 atom stereocenters. The van der Waals surface area contributed by atoms with E-state index in [4.69, 9.17) is 11.2 Å². The summed E-state index contributed by atoms with van der Waals surface area (Å²) in [5.74, 6) is 3.36. The molecule has 9 heavy (non-hydrogen) atoms. The predicted octanol–water partition coefficient (Wildman–Crippen LogP) is 0.829. The molecule has 0 unspecified atom stereocenters. The SMILES string of the molecule is C#CCCC1=NCCO1. The molecule has 0 bridgehead atoms. The highest BCUT2D eigenvalue weighted by molar-refractivity contribution is 5.77. The summed E-state index contributed by atoms with van der Waals surface area (Å²) in [6.45, 7) is 1.54. The van der Waals surface area contributed by atoms with Crippen molar-refractivity contribution in [3.8, 4) is 12.3 Å². The molecule has 48 valence electrons. The van der Waals surface area contributed by atoms with Crippen LogP contribution in [0.2, 0.25) is 0 Å². The van der Waals surface area contributed by atoms with Crippen LogP contribution < -0.4 is 0 Å². The van der Waals surface area contributed by atoms with Gasteiger partial charge >= 0.3 is 0 Å². The summed E-state index contributed by atoms with van der Waals surface area (Å²) in [6, 6.07) is 0. The molecular weight excluding hydrogens is 114 g/mol. The summed E-state index contributed by atoms with van der Waals surface area (Å²) in [6.07, 6.45) is 6.58. The molecule has 0 spiro atoms. The van der Waals surface area contributed by atoms with E-state index in [-0.39, 0.29) is 0 Å². The summed E-state index contributed by atoms with van der Waals surface area (Å²) < 4.78 is 5.11. The van der Waals surface area contributed by atoms with Gasteiger partial charge in [-0.1, -0.05) is 0 Å². The highest BCUT2D eigenvalue weighted by atomic mass is 16.5. The third-order valence-electron chi connectivity index (χ3n) is 1.13. The van der Waals surface area contributed by atoms with E-state index in [1.54, 1.807) is 0 Å². The van der Waals surface area contributed by atoms with Crippen molar-refractivity contribution in [1.29, 1.82) is 0 Å². The first-order valence-electron chi connectivity index (χ1n) is 3.03. The van der Waals surface area contributed by atoms with Gasteiger partial charge in [-0.15, -0.1) is 12.3 Å². The molecule has 0 N–H and O–H groups in total. The third kappa shape index (κ3) is 1.77. The maximum absolute atomic E-state index is 5.11. The Labute approximate surface area is 54.9 Å². The number of nitrogens with zero attached hydrogens (tertiary/aromatic N) is 1. The van der Waals surface area contributed by atoms with Crippen LogP contribution in [0.3, 0.4) is 0 Å². The number of rotatable bonds is 2. The Bertz CT molecular complexity index is 155. The van der Waals surface area contributed by atoms with Crippen LogP contribution in [0.4, 0.5) is 0 Å². The average molecular weight is 123 g/mol. The van der Waals surface area contributed by atoms with Crippen LogP contribution in [0.1, 0.15) is 12.8 Å². The Balaban J connectivity index is 2.20. The Hall–Kier alpha value is -0.970. The van der Waals surface area contributed by atoms with Crippen molar-refractivity contribution < 1.29 is 4.74 Å². The highest BCUT2D eigenvalue weighted by Crippen LogP contribution is 1.99. The molecular formula is C7H9NO. The van der Waals surface area contributed by atoms with Crippen molar-refractivity contribution in [2.45, 2.75) is 12.8 Å². The molecule has 1 aliphatic rings. The largest absolute Gasteiger partial charge is 0.479 e. The summed E-state index contributed by atoms with van der Waals surface area (Å²) in [7, 11) is 0. The maximum atomic E-state index is 5.11. The molecule has 0 aromatic heterocycles. The lowest BCUT2D eigenvalue weighted by atomic mass is 10.3.